The zero-order valence-corrected chi connectivity index (χ0v) is 19.7. The van der Waals surface area contributed by atoms with Gasteiger partial charge in [0.15, 0.2) is 11.8 Å². The number of carbonyl (C=O) groups excluding carboxylic acids is 1. The summed E-state index contributed by atoms with van der Waals surface area (Å²) >= 11 is 0. The lowest BCUT2D eigenvalue weighted by atomic mass is 9.57. The number of hydrogen-bond donors (Lipinski definition) is 0. The van der Waals surface area contributed by atoms with Crippen molar-refractivity contribution in [2.24, 2.45) is 23.7 Å². The summed E-state index contributed by atoms with van der Waals surface area (Å²) in [5.74, 6) is -2.01. The maximum atomic E-state index is 14.2. The Bertz CT molecular complexity index is 1250. The van der Waals surface area contributed by atoms with E-state index in [9.17, 15) is 13.2 Å². The van der Waals surface area contributed by atoms with E-state index in [0.29, 0.717) is 23.2 Å². The average molecular weight is 473 g/mol. The monoisotopic (exact) mass is 472 g/mol. The van der Waals surface area contributed by atoms with E-state index in [-0.39, 0.29) is 16.7 Å². The molecule has 1 saturated carbocycles. The summed E-state index contributed by atoms with van der Waals surface area (Å²) in [4.78, 5) is 30.1. The molecule has 7 rings (SSSR count). The van der Waals surface area contributed by atoms with Crippen LogP contribution in [0, 0.1) is 23.7 Å². The van der Waals surface area contributed by atoms with Crippen molar-refractivity contribution >= 4 is 26.8 Å². The van der Waals surface area contributed by atoms with Gasteiger partial charge in [0.25, 0.3) is 10.0 Å². The zero-order valence-electron chi connectivity index (χ0n) is 18.9. The molecule has 5 fully saturated rings. The molecular weight excluding hydrogens is 444 g/mol. The first-order chi connectivity index (χ1) is 15.7. The summed E-state index contributed by atoms with van der Waals surface area (Å²) in [6, 6.07) is 8.53. The number of ether oxygens (including phenoxy) is 1. The van der Waals surface area contributed by atoms with Gasteiger partial charge in [-0.2, -0.15) is 0 Å². The number of hydrogen-bond acceptors (Lipinski definition) is 7. The van der Waals surface area contributed by atoms with Crippen LogP contribution in [0.25, 0.3) is 10.9 Å². The number of fused-ring (bicyclic) bond motifs is 3. The number of nitrogens with zero attached hydrogens (tertiary/aromatic N) is 2. The number of piperidine rings is 1. The molecule has 1 aromatic heterocycles. The highest BCUT2D eigenvalue weighted by molar-refractivity contribution is 7.90. The number of sulfonamides is 1. The van der Waals surface area contributed by atoms with Crippen molar-refractivity contribution in [2.45, 2.75) is 69.0 Å². The van der Waals surface area contributed by atoms with E-state index in [2.05, 4.69) is 11.9 Å². The second kappa shape index (κ2) is 6.97. The second-order valence-electron chi connectivity index (χ2n) is 10.2. The summed E-state index contributed by atoms with van der Waals surface area (Å²) in [7, 11) is -4.30. The molecule has 0 unspecified atom stereocenters. The van der Waals surface area contributed by atoms with Crippen LogP contribution in [0.5, 0.6) is 0 Å². The van der Waals surface area contributed by atoms with E-state index in [4.69, 9.17) is 14.5 Å². The van der Waals surface area contributed by atoms with Crippen LogP contribution in [-0.2, 0) is 29.3 Å². The maximum absolute atomic E-state index is 14.2. The molecule has 1 spiro atoms. The smallest absolute Gasteiger partial charge is 0.270 e. The van der Waals surface area contributed by atoms with Crippen LogP contribution in [-0.4, -0.2) is 41.2 Å². The molecule has 1 aromatic carbocycles. The fourth-order valence-electron chi connectivity index (χ4n) is 6.65. The van der Waals surface area contributed by atoms with E-state index < -0.39 is 39.5 Å². The molecule has 1 aliphatic carbocycles. The number of amides is 1. The quantitative estimate of drug-likeness (QED) is 0.616. The molecule has 9 heteroatoms. The number of aromatic nitrogens is 1. The molecule has 2 bridgehead atoms. The first-order valence-electron chi connectivity index (χ1n) is 11.7. The molecule has 176 valence electrons. The summed E-state index contributed by atoms with van der Waals surface area (Å²) in [6.07, 6.45) is 3.53. The molecule has 0 radical (unpaired) electrons. The molecule has 5 heterocycles. The topological polar surface area (TPSA) is 95.0 Å². The van der Waals surface area contributed by atoms with Crippen LogP contribution in [0.2, 0.25) is 0 Å². The van der Waals surface area contributed by atoms with Crippen molar-refractivity contribution in [1.29, 1.82) is 0 Å². The van der Waals surface area contributed by atoms with Gasteiger partial charge in [0.1, 0.15) is 4.90 Å². The number of para-hydroxylation sites is 1. The van der Waals surface area contributed by atoms with Gasteiger partial charge in [-0.25, -0.2) is 22.5 Å². The summed E-state index contributed by atoms with van der Waals surface area (Å²) in [5.41, 5.74) is -0.706. The van der Waals surface area contributed by atoms with Crippen molar-refractivity contribution in [3.05, 3.63) is 36.5 Å². The SMILES string of the molecule is C[C@@H]1CC[C@H]2[C@@H](C)C(=O)N(S(=O)(=O)c3cccc4cccnc34)[C@@H]3O[C@]4(C)CC[C@@H]1[C@@]23OO4. The minimum atomic E-state index is -4.30. The third kappa shape index (κ3) is 2.76. The van der Waals surface area contributed by atoms with Crippen molar-refractivity contribution in [1.82, 2.24) is 9.29 Å². The third-order valence-corrected chi connectivity index (χ3v) is 10.1. The lowest BCUT2D eigenvalue weighted by molar-refractivity contribution is -0.544. The summed E-state index contributed by atoms with van der Waals surface area (Å²) in [5, 5.41) is 0.686. The van der Waals surface area contributed by atoms with Crippen molar-refractivity contribution < 1.29 is 27.7 Å². The number of rotatable bonds is 2. The second-order valence-corrected chi connectivity index (χ2v) is 12.0. The molecule has 4 saturated heterocycles. The van der Waals surface area contributed by atoms with Gasteiger partial charge < -0.3 is 4.74 Å². The lowest BCUT2D eigenvalue weighted by Gasteiger charge is -2.61. The fraction of sp³-hybridized carbons (Fsp3) is 0.583. The Hall–Kier alpha value is -2.07. The molecule has 7 atom stereocenters. The fourth-order valence-corrected chi connectivity index (χ4v) is 8.39. The van der Waals surface area contributed by atoms with E-state index >= 15 is 0 Å². The van der Waals surface area contributed by atoms with Gasteiger partial charge in [0.2, 0.25) is 11.7 Å². The third-order valence-electron chi connectivity index (χ3n) is 8.35. The standard InChI is InChI=1S/C24H28N2O6S/c1-14-9-10-18-15(2)21(27)26(22-24(18)17(14)11-12-23(3,30-22)31-32-24)33(28,29)19-8-4-6-16-7-5-13-25-20(16)19/h4-8,13-15,17-18,22H,9-12H2,1-3H3/t14-,15-,17+,18+,22-,23+,24-/m1/s1. The molecule has 33 heavy (non-hydrogen) atoms. The molecule has 1 amide bonds. The predicted molar refractivity (Wildman–Crippen MR) is 118 cm³/mol. The molecule has 0 N–H and O–H groups in total. The molecule has 5 aliphatic rings. The highest BCUT2D eigenvalue weighted by atomic mass is 32.2. The predicted octanol–water partition coefficient (Wildman–Crippen LogP) is 3.62. The lowest BCUT2D eigenvalue weighted by Crippen LogP contribution is -2.75. The molecule has 8 nitrogen and oxygen atoms in total. The Kier molecular flexibility index (Phi) is 4.54. The van der Waals surface area contributed by atoms with Crippen LogP contribution in [0.1, 0.15) is 46.5 Å². The van der Waals surface area contributed by atoms with Gasteiger partial charge in [-0.3, -0.25) is 9.78 Å². The van der Waals surface area contributed by atoms with Crippen LogP contribution >= 0.6 is 0 Å². The van der Waals surface area contributed by atoms with Crippen LogP contribution in [0.15, 0.2) is 41.4 Å². The molecular formula is C24H28N2O6S. The number of benzene rings is 1. The Balaban J connectivity index is 1.57. The van der Waals surface area contributed by atoms with E-state index in [1.54, 1.807) is 44.3 Å². The van der Waals surface area contributed by atoms with Crippen LogP contribution in [0.4, 0.5) is 0 Å². The van der Waals surface area contributed by atoms with Gasteiger partial charge in [0.05, 0.1) is 5.52 Å². The Morgan fingerprint density at radius 1 is 1.06 bits per heavy atom. The molecule has 2 aromatic rings. The highest BCUT2D eigenvalue weighted by Gasteiger charge is 2.72. The average Bonchev–Trinajstić information content (AvgIpc) is 3.03. The largest absolute Gasteiger partial charge is 0.320 e. The van der Waals surface area contributed by atoms with E-state index in [1.165, 1.54) is 6.07 Å². The first-order valence-corrected chi connectivity index (χ1v) is 13.1. The van der Waals surface area contributed by atoms with E-state index in [1.807, 2.05) is 0 Å². The maximum Gasteiger partial charge on any atom is 0.270 e. The van der Waals surface area contributed by atoms with Gasteiger partial charge in [-0.15, -0.1) is 0 Å². The number of carbonyl (C=O) groups is 1. The summed E-state index contributed by atoms with van der Waals surface area (Å²) < 4.78 is 35.7. The van der Waals surface area contributed by atoms with Gasteiger partial charge in [0, 0.05) is 29.8 Å². The zero-order chi connectivity index (χ0) is 23.2. The van der Waals surface area contributed by atoms with Crippen molar-refractivity contribution in [3.8, 4) is 0 Å². The Morgan fingerprint density at radius 2 is 1.85 bits per heavy atom. The Labute approximate surface area is 193 Å². The van der Waals surface area contributed by atoms with Crippen molar-refractivity contribution in [3.63, 3.8) is 0 Å². The Morgan fingerprint density at radius 3 is 2.67 bits per heavy atom. The normalized spacial score (nSPS) is 40.5. The first kappa shape index (κ1) is 21.5. The van der Waals surface area contributed by atoms with Crippen LogP contribution in [0.3, 0.4) is 0 Å². The van der Waals surface area contributed by atoms with Crippen LogP contribution < -0.4 is 0 Å². The van der Waals surface area contributed by atoms with Gasteiger partial charge >= 0.3 is 0 Å². The highest BCUT2D eigenvalue weighted by Crippen LogP contribution is 2.61. The van der Waals surface area contributed by atoms with Crippen molar-refractivity contribution in [2.75, 3.05) is 0 Å². The molecule has 4 aliphatic heterocycles. The van der Waals surface area contributed by atoms with Gasteiger partial charge in [-0.05, 0) is 50.2 Å². The summed E-state index contributed by atoms with van der Waals surface area (Å²) in [6.45, 7) is 5.73. The minimum absolute atomic E-state index is 0.00815. The van der Waals surface area contributed by atoms with Gasteiger partial charge in [-0.1, -0.05) is 32.0 Å². The van der Waals surface area contributed by atoms with E-state index in [0.717, 1.165) is 23.6 Å². The minimum Gasteiger partial charge on any atom is -0.320 e. The number of pyridine rings is 1.